The van der Waals surface area contributed by atoms with Gasteiger partial charge in [-0.1, -0.05) is 27.8 Å². The highest BCUT2D eigenvalue weighted by atomic mass is 79.9. The summed E-state index contributed by atoms with van der Waals surface area (Å²) in [7, 11) is 0. The molecule has 0 spiro atoms. The molecular formula is C10H4BrF5. The summed E-state index contributed by atoms with van der Waals surface area (Å²) in [6.45, 7) is 0. The molecule has 0 unspecified atom stereocenters. The first-order valence-corrected chi connectivity index (χ1v) is 5.19. The second kappa shape index (κ2) is 5.30. The molecule has 0 bridgehead atoms. The zero-order chi connectivity index (χ0) is 12.3. The number of rotatable bonds is 1. The Morgan fingerprint density at radius 2 is 1.25 bits per heavy atom. The fourth-order valence-corrected chi connectivity index (χ4v) is 1.11. The van der Waals surface area contributed by atoms with E-state index in [1.165, 1.54) is 0 Å². The largest absolute Gasteiger partial charge is 0.202 e. The molecule has 0 fully saturated rings. The average molecular weight is 299 g/mol. The first-order chi connectivity index (χ1) is 7.50. The van der Waals surface area contributed by atoms with Crippen molar-refractivity contribution in [1.29, 1.82) is 0 Å². The monoisotopic (exact) mass is 298 g/mol. The van der Waals surface area contributed by atoms with Crippen LogP contribution in [-0.4, -0.2) is 5.33 Å². The average Bonchev–Trinajstić information content (AvgIpc) is 2.28. The first-order valence-electron chi connectivity index (χ1n) is 4.07. The Morgan fingerprint density at radius 3 is 1.69 bits per heavy atom. The van der Waals surface area contributed by atoms with Gasteiger partial charge >= 0.3 is 0 Å². The molecule has 16 heavy (non-hydrogen) atoms. The number of benzene rings is 1. The van der Waals surface area contributed by atoms with Crippen molar-refractivity contribution >= 4 is 15.9 Å². The maximum absolute atomic E-state index is 13.0. The van der Waals surface area contributed by atoms with Crippen LogP contribution in [0.2, 0.25) is 0 Å². The fourth-order valence-electron chi connectivity index (χ4n) is 0.913. The summed E-state index contributed by atoms with van der Waals surface area (Å²) in [5.41, 5.74) is -1.10. The van der Waals surface area contributed by atoms with Gasteiger partial charge in [0.25, 0.3) is 0 Å². The van der Waals surface area contributed by atoms with Crippen LogP contribution in [0.15, 0.2) is 0 Å². The van der Waals surface area contributed by atoms with Gasteiger partial charge in [0.1, 0.15) is 5.56 Å². The van der Waals surface area contributed by atoms with Crippen molar-refractivity contribution in [3.8, 4) is 11.8 Å². The summed E-state index contributed by atoms with van der Waals surface area (Å²) in [5, 5.41) is 0.440. The van der Waals surface area contributed by atoms with Gasteiger partial charge in [-0.2, -0.15) is 0 Å². The molecule has 6 heteroatoms. The minimum absolute atomic E-state index is 0.236. The maximum atomic E-state index is 13.0. The van der Waals surface area contributed by atoms with Gasteiger partial charge in [0.05, 0.1) is 0 Å². The quantitative estimate of drug-likeness (QED) is 0.245. The first kappa shape index (κ1) is 13.0. The molecule has 1 aromatic rings. The van der Waals surface area contributed by atoms with E-state index in [1.54, 1.807) is 0 Å². The number of alkyl halides is 1. The van der Waals surface area contributed by atoms with Gasteiger partial charge in [0, 0.05) is 11.8 Å². The smallest absolute Gasteiger partial charge is 0.200 e. The van der Waals surface area contributed by atoms with Crippen molar-refractivity contribution in [3.05, 3.63) is 34.6 Å². The van der Waals surface area contributed by atoms with Crippen LogP contribution in [0, 0.1) is 40.9 Å². The molecule has 0 aliphatic heterocycles. The van der Waals surface area contributed by atoms with Gasteiger partial charge in [-0.3, -0.25) is 0 Å². The van der Waals surface area contributed by atoms with Crippen LogP contribution >= 0.6 is 15.9 Å². The Labute approximate surface area is 96.6 Å². The zero-order valence-electron chi connectivity index (χ0n) is 7.68. The second-order valence-corrected chi connectivity index (χ2v) is 3.48. The van der Waals surface area contributed by atoms with Gasteiger partial charge in [-0.05, 0) is 0 Å². The molecule has 0 nitrogen and oxygen atoms in total. The third-order valence-electron chi connectivity index (χ3n) is 1.64. The Morgan fingerprint density at radius 1 is 0.812 bits per heavy atom. The molecule has 1 rings (SSSR count). The third-order valence-corrected chi connectivity index (χ3v) is 2.04. The molecule has 0 aromatic heterocycles. The Bertz CT molecular complexity index is 443. The summed E-state index contributed by atoms with van der Waals surface area (Å²) < 4.78 is 63.9. The maximum Gasteiger partial charge on any atom is 0.200 e. The third kappa shape index (κ3) is 2.35. The van der Waals surface area contributed by atoms with E-state index >= 15 is 0 Å². The molecule has 0 radical (unpaired) electrons. The number of hydrogen-bond acceptors (Lipinski definition) is 0. The normalized spacial score (nSPS) is 9.88. The Hall–Kier alpha value is -1.09. The van der Waals surface area contributed by atoms with Crippen molar-refractivity contribution in [1.82, 2.24) is 0 Å². The van der Waals surface area contributed by atoms with Crippen molar-refractivity contribution in [2.75, 3.05) is 5.33 Å². The zero-order valence-corrected chi connectivity index (χ0v) is 9.27. The summed E-state index contributed by atoms with van der Waals surface area (Å²) >= 11 is 3.00. The lowest BCUT2D eigenvalue weighted by molar-refractivity contribution is 0.376. The van der Waals surface area contributed by atoms with E-state index in [2.05, 4.69) is 21.9 Å². The molecule has 0 amide bonds. The molecule has 0 saturated carbocycles. The van der Waals surface area contributed by atoms with Crippen molar-refractivity contribution in [2.24, 2.45) is 0 Å². The number of hydrogen-bond donors (Lipinski definition) is 0. The van der Waals surface area contributed by atoms with E-state index in [9.17, 15) is 22.0 Å². The molecule has 0 heterocycles. The predicted molar refractivity (Wildman–Crippen MR) is 51.5 cm³/mol. The van der Waals surface area contributed by atoms with Gasteiger partial charge < -0.3 is 0 Å². The summed E-state index contributed by atoms with van der Waals surface area (Å²) in [5.74, 6) is -5.77. The van der Waals surface area contributed by atoms with Crippen LogP contribution in [0.1, 0.15) is 12.0 Å². The van der Waals surface area contributed by atoms with Crippen molar-refractivity contribution in [2.45, 2.75) is 6.42 Å². The molecular weight excluding hydrogens is 295 g/mol. The molecule has 0 atom stereocenters. The van der Waals surface area contributed by atoms with Crippen LogP contribution in [0.5, 0.6) is 0 Å². The lowest BCUT2D eigenvalue weighted by Crippen LogP contribution is -2.04. The van der Waals surface area contributed by atoms with Crippen LogP contribution in [-0.2, 0) is 0 Å². The highest BCUT2D eigenvalue weighted by molar-refractivity contribution is 9.09. The molecule has 0 aliphatic carbocycles. The van der Waals surface area contributed by atoms with Gasteiger partial charge in [-0.25, -0.2) is 22.0 Å². The highest BCUT2D eigenvalue weighted by Crippen LogP contribution is 2.22. The van der Waals surface area contributed by atoms with Crippen molar-refractivity contribution < 1.29 is 22.0 Å². The number of halogens is 6. The van der Waals surface area contributed by atoms with Crippen molar-refractivity contribution in [3.63, 3.8) is 0 Å². The topological polar surface area (TPSA) is 0 Å². The minimum atomic E-state index is -2.18. The summed E-state index contributed by atoms with van der Waals surface area (Å²) in [6, 6.07) is 0. The van der Waals surface area contributed by atoms with Crippen LogP contribution in [0.4, 0.5) is 22.0 Å². The molecule has 86 valence electrons. The summed E-state index contributed by atoms with van der Waals surface area (Å²) in [4.78, 5) is 0. The Balaban J connectivity index is 3.36. The van der Waals surface area contributed by atoms with E-state index in [0.717, 1.165) is 0 Å². The van der Waals surface area contributed by atoms with E-state index in [1.807, 2.05) is 5.92 Å². The van der Waals surface area contributed by atoms with Gasteiger partial charge in [-0.15, -0.1) is 0 Å². The van der Waals surface area contributed by atoms with E-state index in [-0.39, 0.29) is 6.42 Å². The minimum Gasteiger partial charge on any atom is -0.202 e. The van der Waals surface area contributed by atoms with E-state index in [4.69, 9.17) is 0 Å². The Kier molecular flexibility index (Phi) is 4.30. The van der Waals surface area contributed by atoms with Gasteiger partial charge in [0.15, 0.2) is 23.3 Å². The lowest BCUT2D eigenvalue weighted by atomic mass is 10.1. The fraction of sp³-hybridized carbons (Fsp3) is 0.200. The molecule has 0 aliphatic rings. The predicted octanol–water partition coefficient (Wildman–Crippen LogP) is 3.52. The molecule has 0 saturated heterocycles. The highest BCUT2D eigenvalue weighted by Gasteiger charge is 2.24. The molecule has 1 aromatic carbocycles. The standard InChI is InChI=1S/C10H4BrF5/c11-4-2-1-3-5-6(12)8(14)10(16)9(15)7(5)13/h2,4H2. The van der Waals surface area contributed by atoms with E-state index in [0.29, 0.717) is 5.33 Å². The SMILES string of the molecule is Fc1c(F)c(F)c(C#CCCBr)c(F)c1F. The van der Waals surface area contributed by atoms with Crippen LogP contribution in [0.25, 0.3) is 0 Å². The van der Waals surface area contributed by atoms with Gasteiger partial charge in [0.2, 0.25) is 5.82 Å². The lowest BCUT2D eigenvalue weighted by Gasteiger charge is -2.02. The van der Waals surface area contributed by atoms with Crippen LogP contribution < -0.4 is 0 Å². The second-order valence-electron chi connectivity index (χ2n) is 2.69. The van der Waals surface area contributed by atoms with Crippen LogP contribution in [0.3, 0.4) is 0 Å². The summed E-state index contributed by atoms with van der Waals surface area (Å²) in [6.07, 6.45) is 0.236. The molecule has 0 N–H and O–H groups in total. The van der Waals surface area contributed by atoms with E-state index < -0.39 is 34.6 Å².